The van der Waals surface area contributed by atoms with Crippen molar-refractivity contribution in [1.29, 1.82) is 0 Å². The van der Waals surface area contributed by atoms with Crippen LogP contribution in [0.15, 0.2) is 24.3 Å². The standard InChI is InChI=1S/C15H25NO2/c1-12(2)8-16-9-14-5-4-6-15(7-14)18-11-13(3)10-17/h4-7,12-13,16-17H,8-11H2,1-3H3. The van der Waals surface area contributed by atoms with Crippen LogP contribution < -0.4 is 10.1 Å². The van der Waals surface area contributed by atoms with Crippen molar-refractivity contribution in [2.24, 2.45) is 11.8 Å². The van der Waals surface area contributed by atoms with Gasteiger partial charge in [0.15, 0.2) is 0 Å². The van der Waals surface area contributed by atoms with Crippen LogP contribution in [0.3, 0.4) is 0 Å². The van der Waals surface area contributed by atoms with E-state index in [9.17, 15) is 0 Å². The topological polar surface area (TPSA) is 41.5 Å². The molecular formula is C15H25NO2. The van der Waals surface area contributed by atoms with Crippen molar-refractivity contribution in [2.45, 2.75) is 27.3 Å². The van der Waals surface area contributed by atoms with Gasteiger partial charge in [0, 0.05) is 19.1 Å². The molecule has 0 aliphatic carbocycles. The average molecular weight is 251 g/mol. The number of hydrogen-bond donors (Lipinski definition) is 2. The predicted octanol–water partition coefficient (Wildman–Crippen LogP) is 2.44. The van der Waals surface area contributed by atoms with Crippen LogP contribution in [0.4, 0.5) is 0 Å². The van der Waals surface area contributed by atoms with Crippen molar-refractivity contribution in [3.63, 3.8) is 0 Å². The molecule has 0 radical (unpaired) electrons. The monoisotopic (exact) mass is 251 g/mol. The van der Waals surface area contributed by atoms with Crippen LogP contribution in [-0.2, 0) is 6.54 Å². The van der Waals surface area contributed by atoms with E-state index in [1.54, 1.807) is 0 Å². The second-order valence-electron chi connectivity index (χ2n) is 5.27. The van der Waals surface area contributed by atoms with Gasteiger partial charge in [0.05, 0.1) is 6.61 Å². The number of hydrogen-bond acceptors (Lipinski definition) is 3. The summed E-state index contributed by atoms with van der Waals surface area (Å²) >= 11 is 0. The van der Waals surface area contributed by atoms with E-state index in [1.807, 2.05) is 19.1 Å². The quantitative estimate of drug-likeness (QED) is 0.745. The van der Waals surface area contributed by atoms with Gasteiger partial charge in [0.25, 0.3) is 0 Å². The number of aliphatic hydroxyl groups excluding tert-OH is 1. The molecule has 0 bridgehead atoms. The number of ether oxygens (including phenoxy) is 1. The molecule has 0 aliphatic rings. The van der Waals surface area contributed by atoms with E-state index in [1.165, 1.54) is 5.56 Å². The molecule has 1 unspecified atom stereocenters. The van der Waals surface area contributed by atoms with Crippen LogP contribution in [0.5, 0.6) is 5.75 Å². The normalized spacial score (nSPS) is 12.7. The molecule has 2 N–H and O–H groups in total. The van der Waals surface area contributed by atoms with Crippen molar-refractivity contribution >= 4 is 0 Å². The highest BCUT2D eigenvalue weighted by molar-refractivity contribution is 5.28. The molecule has 1 aromatic carbocycles. The van der Waals surface area contributed by atoms with Crippen LogP contribution in [0.1, 0.15) is 26.3 Å². The van der Waals surface area contributed by atoms with Crippen LogP contribution in [0.2, 0.25) is 0 Å². The SMILES string of the molecule is CC(C)CNCc1cccc(OCC(C)CO)c1. The second-order valence-corrected chi connectivity index (χ2v) is 5.27. The average Bonchev–Trinajstić information content (AvgIpc) is 2.36. The van der Waals surface area contributed by atoms with E-state index in [4.69, 9.17) is 9.84 Å². The zero-order valence-corrected chi connectivity index (χ0v) is 11.6. The molecule has 0 amide bonds. The Kier molecular flexibility index (Phi) is 6.76. The van der Waals surface area contributed by atoms with Crippen LogP contribution >= 0.6 is 0 Å². The summed E-state index contributed by atoms with van der Waals surface area (Å²) in [6.07, 6.45) is 0. The zero-order chi connectivity index (χ0) is 13.4. The van der Waals surface area contributed by atoms with Gasteiger partial charge < -0.3 is 15.2 Å². The van der Waals surface area contributed by atoms with Crippen molar-refractivity contribution in [1.82, 2.24) is 5.32 Å². The van der Waals surface area contributed by atoms with Crippen molar-refractivity contribution < 1.29 is 9.84 Å². The highest BCUT2D eigenvalue weighted by atomic mass is 16.5. The van der Waals surface area contributed by atoms with Gasteiger partial charge in [-0.3, -0.25) is 0 Å². The molecule has 102 valence electrons. The summed E-state index contributed by atoms with van der Waals surface area (Å²) in [7, 11) is 0. The smallest absolute Gasteiger partial charge is 0.119 e. The van der Waals surface area contributed by atoms with Crippen LogP contribution in [-0.4, -0.2) is 24.9 Å². The summed E-state index contributed by atoms with van der Waals surface area (Å²) in [6.45, 7) is 8.96. The van der Waals surface area contributed by atoms with E-state index < -0.39 is 0 Å². The summed E-state index contributed by atoms with van der Waals surface area (Å²) in [5.41, 5.74) is 1.23. The Balaban J connectivity index is 2.41. The number of rotatable bonds is 8. The highest BCUT2D eigenvalue weighted by Gasteiger charge is 2.02. The maximum atomic E-state index is 8.95. The maximum absolute atomic E-state index is 8.95. The van der Waals surface area contributed by atoms with E-state index in [0.717, 1.165) is 18.8 Å². The maximum Gasteiger partial charge on any atom is 0.119 e. The summed E-state index contributed by atoms with van der Waals surface area (Å²) in [5, 5.41) is 12.4. The fraction of sp³-hybridized carbons (Fsp3) is 0.600. The molecule has 0 saturated heterocycles. The molecule has 3 heteroatoms. The fourth-order valence-electron chi connectivity index (χ4n) is 1.54. The lowest BCUT2D eigenvalue weighted by Gasteiger charge is -2.12. The van der Waals surface area contributed by atoms with E-state index in [-0.39, 0.29) is 12.5 Å². The lowest BCUT2D eigenvalue weighted by atomic mass is 10.2. The highest BCUT2D eigenvalue weighted by Crippen LogP contribution is 2.14. The Hall–Kier alpha value is -1.06. The molecule has 0 aromatic heterocycles. The van der Waals surface area contributed by atoms with Gasteiger partial charge in [0.2, 0.25) is 0 Å². The Morgan fingerprint density at radius 3 is 2.72 bits per heavy atom. The lowest BCUT2D eigenvalue weighted by molar-refractivity contribution is 0.174. The van der Waals surface area contributed by atoms with Gasteiger partial charge >= 0.3 is 0 Å². The lowest BCUT2D eigenvalue weighted by Crippen LogP contribution is -2.19. The Labute approximate surface area is 110 Å². The molecule has 18 heavy (non-hydrogen) atoms. The van der Waals surface area contributed by atoms with Crippen molar-refractivity contribution in [3.8, 4) is 5.75 Å². The molecule has 1 aromatic rings. The van der Waals surface area contributed by atoms with E-state index in [2.05, 4.69) is 31.3 Å². The summed E-state index contributed by atoms with van der Waals surface area (Å²) < 4.78 is 5.64. The van der Waals surface area contributed by atoms with Gasteiger partial charge in [-0.05, 0) is 30.2 Å². The number of aliphatic hydroxyl groups is 1. The van der Waals surface area contributed by atoms with Gasteiger partial charge in [-0.15, -0.1) is 0 Å². The minimum Gasteiger partial charge on any atom is -0.493 e. The third-order valence-corrected chi connectivity index (χ3v) is 2.63. The van der Waals surface area contributed by atoms with Crippen LogP contribution in [0, 0.1) is 11.8 Å². The third kappa shape index (κ3) is 6.03. The van der Waals surface area contributed by atoms with Crippen molar-refractivity contribution in [2.75, 3.05) is 19.8 Å². The summed E-state index contributed by atoms with van der Waals surface area (Å²) in [6, 6.07) is 8.11. The first kappa shape index (κ1) is 15.0. The largest absolute Gasteiger partial charge is 0.493 e. The van der Waals surface area contributed by atoms with Crippen molar-refractivity contribution in [3.05, 3.63) is 29.8 Å². The molecule has 3 nitrogen and oxygen atoms in total. The van der Waals surface area contributed by atoms with E-state index in [0.29, 0.717) is 12.5 Å². The zero-order valence-electron chi connectivity index (χ0n) is 11.6. The molecule has 0 heterocycles. The summed E-state index contributed by atoms with van der Waals surface area (Å²) in [4.78, 5) is 0. The van der Waals surface area contributed by atoms with E-state index >= 15 is 0 Å². The Bertz CT molecular complexity index is 339. The number of benzene rings is 1. The molecule has 0 fully saturated rings. The minimum absolute atomic E-state index is 0.162. The molecule has 1 atom stereocenters. The van der Waals surface area contributed by atoms with Gasteiger partial charge in [-0.25, -0.2) is 0 Å². The predicted molar refractivity (Wildman–Crippen MR) is 74.7 cm³/mol. The van der Waals surface area contributed by atoms with Gasteiger partial charge in [-0.2, -0.15) is 0 Å². The molecule has 0 saturated carbocycles. The Morgan fingerprint density at radius 1 is 1.28 bits per heavy atom. The Morgan fingerprint density at radius 2 is 2.06 bits per heavy atom. The fourth-order valence-corrected chi connectivity index (χ4v) is 1.54. The van der Waals surface area contributed by atoms with Gasteiger partial charge in [-0.1, -0.05) is 32.9 Å². The minimum atomic E-state index is 0.162. The molecular weight excluding hydrogens is 226 g/mol. The summed E-state index contributed by atoms with van der Waals surface area (Å²) in [5.74, 6) is 1.71. The third-order valence-electron chi connectivity index (χ3n) is 2.63. The first-order valence-electron chi connectivity index (χ1n) is 6.65. The number of nitrogens with one attached hydrogen (secondary N) is 1. The molecule has 0 aliphatic heterocycles. The second kappa shape index (κ2) is 8.11. The first-order valence-corrected chi connectivity index (χ1v) is 6.65. The van der Waals surface area contributed by atoms with Gasteiger partial charge in [0.1, 0.15) is 5.75 Å². The molecule has 1 rings (SSSR count). The first-order chi connectivity index (χ1) is 8.61. The van der Waals surface area contributed by atoms with Crippen LogP contribution in [0.25, 0.3) is 0 Å². The molecule has 0 spiro atoms.